The smallest absolute Gasteiger partial charge is 0.267 e. The van der Waals surface area contributed by atoms with Gasteiger partial charge in [-0.25, -0.2) is 13.8 Å². The number of anilines is 1. The summed E-state index contributed by atoms with van der Waals surface area (Å²) >= 11 is 0. The van der Waals surface area contributed by atoms with Gasteiger partial charge in [-0.05, 0) is 13.0 Å². The van der Waals surface area contributed by atoms with Crippen LogP contribution in [0.15, 0.2) is 6.07 Å². The lowest BCUT2D eigenvalue weighted by molar-refractivity contribution is 0.151. The monoisotopic (exact) mass is 188 g/mol. The van der Waals surface area contributed by atoms with E-state index >= 15 is 0 Å². The van der Waals surface area contributed by atoms with Gasteiger partial charge in [0.2, 0.25) is 0 Å². The lowest BCUT2D eigenvalue weighted by atomic mass is 10.2. The zero-order valence-corrected chi connectivity index (χ0v) is 7.34. The maximum absolute atomic E-state index is 12.3. The molecule has 0 aliphatic carbocycles. The maximum atomic E-state index is 12.3. The van der Waals surface area contributed by atoms with Crippen LogP contribution in [0.2, 0.25) is 0 Å². The summed E-state index contributed by atoms with van der Waals surface area (Å²) in [5.74, 6) is 0.179. The van der Waals surface area contributed by atoms with E-state index < -0.39 is 6.43 Å². The van der Waals surface area contributed by atoms with E-state index in [0.717, 1.165) is 0 Å². The van der Waals surface area contributed by atoms with Crippen molar-refractivity contribution in [2.75, 3.05) is 12.8 Å². The molecule has 0 bridgehead atoms. The Morgan fingerprint density at radius 3 is 2.62 bits per heavy atom. The number of alkyl halides is 2. The van der Waals surface area contributed by atoms with Crippen LogP contribution in [0.5, 0.6) is 5.75 Å². The van der Waals surface area contributed by atoms with Crippen LogP contribution >= 0.6 is 0 Å². The Labute approximate surface area is 74.5 Å². The number of hydrogen-bond acceptors (Lipinski definition) is 3. The van der Waals surface area contributed by atoms with Gasteiger partial charge < -0.3 is 10.5 Å². The van der Waals surface area contributed by atoms with E-state index in [0.29, 0.717) is 11.4 Å². The Balaban J connectivity index is 3.22. The van der Waals surface area contributed by atoms with Gasteiger partial charge in [0, 0.05) is 0 Å². The standard InChI is InChI=1S/C8H10F2N2O/c1-4-6(13-2)3-5(7(9)10)8(11)12-4/h3,7H,1-2H3,(H2,11,12). The molecule has 0 aliphatic heterocycles. The Morgan fingerprint density at radius 2 is 2.15 bits per heavy atom. The summed E-state index contributed by atoms with van der Waals surface area (Å²) in [5, 5.41) is 0. The van der Waals surface area contributed by atoms with Crippen LogP contribution in [0.3, 0.4) is 0 Å². The number of pyridine rings is 1. The van der Waals surface area contributed by atoms with Gasteiger partial charge in [-0.2, -0.15) is 0 Å². The van der Waals surface area contributed by atoms with Crippen molar-refractivity contribution in [1.29, 1.82) is 0 Å². The summed E-state index contributed by atoms with van der Waals surface area (Å²) in [4.78, 5) is 3.74. The van der Waals surface area contributed by atoms with Crippen molar-refractivity contribution in [2.24, 2.45) is 0 Å². The second-order valence-electron chi connectivity index (χ2n) is 2.55. The van der Waals surface area contributed by atoms with Crippen molar-refractivity contribution in [3.8, 4) is 5.75 Å². The van der Waals surface area contributed by atoms with Crippen molar-refractivity contribution >= 4 is 5.82 Å². The molecule has 2 N–H and O–H groups in total. The molecular formula is C8H10F2N2O. The van der Waals surface area contributed by atoms with Gasteiger partial charge in [0.15, 0.2) is 0 Å². The highest BCUT2D eigenvalue weighted by Crippen LogP contribution is 2.28. The maximum Gasteiger partial charge on any atom is 0.267 e. The van der Waals surface area contributed by atoms with Gasteiger partial charge in [0.1, 0.15) is 11.6 Å². The SMILES string of the molecule is COc1cc(C(F)F)c(N)nc1C. The Bertz CT molecular complexity index is 315. The molecule has 0 aliphatic rings. The zero-order valence-electron chi connectivity index (χ0n) is 7.34. The molecule has 0 radical (unpaired) electrons. The number of methoxy groups -OCH3 is 1. The minimum absolute atomic E-state index is 0.145. The predicted octanol–water partition coefficient (Wildman–Crippen LogP) is 1.92. The van der Waals surface area contributed by atoms with E-state index in [1.165, 1.54) is 13.2 Å². The number of halogens is 2. The van der Waals surface area contributed by atoms with Gasteiger partial charge in [0.25, 0.3) is 6.43 Å². The summed E-state index contributed by atoms with van der Waals surface area (Å²) in [6, 6.07) is 1.21. The van der Waals surface area contributed by atoms with E-state index in [2.05, 4.69) is 4.98 Å². The van der Waals surface area contributed by atoms with Crippen LogP contribution in [0.1, 0.15) is 17.7 Å². The van der Waals surface area contributed by atoms with E-state index in [1.54, 1.807) is 6.92 Å². The topological polar surface area (TPSA) is 48.1 Å². The molecule has 0 aromatic carbocycles. The Hall–Kier alpha value is -1.39. The fraction of sp³-hybridized carbons (Fsp3) is 0.375. The van der Waals surface area contributed by atoms with Crippen molar-refractivity contribution in [1.82, 2.24) is 4.98 Å². The number of nitrogens with zero attached hydrogens (tertiary/aromatic N) is 1. The number of rotatable bonds is 2. The average Bonchev–Trinajstić information content (AvgIpc) is 2.03. The lowest BCUT2D eigenvalue weighted by Gasteiger charge is -2.08. The fourth-order valence-electron chi connectivity index (χ4n) is 1.00. The molecule has 1 heterocycles. The minimum atomic E-state index is -2.62. The van der Waals surface area contributed by atoms with Crippen LogP contribution in [-0.2, 0) is 0 Å². The third-order valence-electron chi connectivity index (χ3n) is 1.68. The van der Waals surface area contributed by atoms with Crippen LogP contribution < -0.4 is 10.5 Å². The number of hydrogen-bond donors (Lipinski definition) is 1. The molecule has 0 unspecified atom stereocenters. The molecule has 0 spiro atoms. The first-order chi connectivity index (χ1) is 6.06. The third-order valence-corrected chi connectivity index (χ3v) is 1.68. The molecule has 5 heteroatoms. The number of ether oxygens (including phenoxy) is 1. The van der Waals surface area contributed by atoms with Crippen LogP contribution in [-0.4, -0.2) is 12.1 Å². The van der Waals surface area contributed by atoms with Gasteiger partial charge >= 0.3 is 0 Å². The van der Waals surface area contributed by atoms with Gasteiger partial charge in [-0.1, -0.05) is 0 Å². The first-order valence-corrected chi connectivity index (χ1v) is 3.65. The predicted molar refractivity (Wildman–Crippen MR) is 44.9 cm³/mol. The second kappa shape index (κ2) is 3.55. The number of nitrogens with two attached hydrogens (primary N) is 1. The Kier molecular flexibility index (Phi) is 2.65. The fourth-order valence-corrected chi connectivity index (χ4v) is 1.00. The molecule has 13 heavy (non-hydrogen) atoms. The molecule has 0 atom stereocenters. The number of aromatic nitrogens is 1. The van der Waals surface area contributed by atoms with E-state index in [1.807, 2.05) is 0 Å². The van der Waals surface area contributed by atoms with Crippen LogP contribution in [0.4, 0.5) is 14.6 Å². The highest BCUT2D eigenvalue weighted by molar-refractivity contribution is 5.46. The molecular weight excluding hydrogens is 178 g/mol. The molecule has 0 fully saturated rings. The molecule has 0 saturated heterocycles. The lowest BCUT2D eigenvalue weighted by Crippen LogP contribution is -2.01. The molecule has 3 nitrogen and oxygen atoms in total. The normalized spacial score (nSPS) is 10.5. The highest BCUT2D eigenvalue weighted by Gasteiger charge is 2.15. The molecule has 0 saturated carbocycles. The van der Waals surface area contributed by atoms with Crippen LogP contribution in [0.25, 0.3) is 0 Å². The first kappa shape index (κ1) is 9.70. The molecule has 0 amide bonds. The molecule has 72 valence electrons. The molecule has 1 aromatic heterocycles. The van der Waals surface area contributed by atoms with Crippen molar-refractivity contribution in [3.05, 3.63) is 17.3 Å². The van der Waals surface area contributed by atoms with Gasteiger partial charge in [0.05, 0.1) is 18.4 Å². The van der Waals surface area contributed by atoms with Crippen molar-refractivity contribution in [3.63, 3.8) is 0 Å². The van der Waals surface area contributed by atoms with E-state index in [-0.39, 0.29) is 11.4 Å². The summed E-state index contributed by atoms with van der Waals surface area (Å²) in [7, 11) is 1.40. The van der Waals surface area contributed by atoms with E-state index in [9.17, 15) is 8.78 Å². The second-order valence-corrected chi connectivity index (χ2v) is 2.55. The summed E-state index contributed by atoms with van der Waals surface area (Å²) in [6.07, 6.45) is -2.62. The largest absolute Gasteiger partial charge is 0.495 e. The zero-order chi connectivity index (χ0) is 10.0. The first-order valence-electron chi connectivity index (χ1n) is 3.65. The molecule has 1 rings (SSSR count). The molecule has 1 aromatic rings. The van der Waals surface area contributed by atoms with Gasteiger partial charge in [-0.15, -0.1) is 0 Å². The van der Waals surface area contributed by atoms with Crippen molar-refractivity contribution in [2.45, 2.75) is 13.3 Å². The number of aryl methyl sites for hydroxylation is 1. The summed E-state index contributed by atoms with van der Waals surface area (Å²) in [6.45, 7) is 1.64. The number of nitrogen functional groups attached to an aromatic ring is 1. The third kappa shape index (κ3) is 1.85. The summed E-state index contributed by atoms with van der Waals surface area (Å²) in [5.41, 5.74) is 5.51. The quantitative estimate of drug-likeness (QED) is 0.771. The Morgan fingerprint density at radius 1 is 1.54 bits per heavy atom. The summed E-state index contributed by atoms with van der Waals surface area (Å²) < 4.78 is 29.4. The minimum Gasteiger partial charge on any atom is -0.495 e. The average molecular weight is 188 g/mol. The van der Waals surface area contributed by atoms with Crippen LogP contribution in [0, 0.1) is 6.92 Å². The van der Waals surface area contributed by atoms with Gasteiger partial charge in [-0.3, -0.25) is 0 Å². The van der Waals surface area contributed by atoms with Crippen molar-refractivity contribution < 1.29 is 13.5 Å². The highest BCUT2D eigenvalue weighted by atomic mass is 19.3. The van der Waals surface area contributed by atoms with E-state index in [4.69, 9.17) is 10.5 Å².